The zero-order valence-corrected chi connectivity index (χ0v) is 14.0. The summed E-state index contributed by atoms with van der Waals surface area (Å²) in [6.07, 6.45) is 1.32. The SMILES string of the molecule is CCC(Cc1ccc(N=C(N)N)cc1)C(=O)Oc1ccc(C)cc1. The number of nitrogens with zero attached hydrogens (tertiary/aromatic N) is 1. The maximum Gasteiger partial charge on any atom is 0.314 e. The van der Waals surface area contributed by atoms with Gasteiger partial charge in [0.15, 0.2) is 5.96 Å². The summed E-state index contributed by atoms with van der Waals surface area (Å²) in [5, 5.41) is 0. The van der Waals surface area contributed by atoms with Crippen molar-refractivity contribution in [2.75, 3.05) is 0 Å². The minimum Gasteiger partial charge on any atom is -0.426 e. The summed E-state index contributed by atoms with van der Waals surface area (Å²) >= 11 is 0. The van der Waals surface area contributed by atoms with Crippen LogP contribution in [0.15, 0.2) is 53.5 Å². The van der Waals surface area contributed by atoms with E-state index in [9.17, 15) is 4.79 Å². The topological polar surface area (TPSA) is 90.7 Å². The van der Waals surface area contributed by atoms with Crippen LogP contribution < -0.4 is 16.2 Å². The molecule has 0 radical (unpaired) electrons. The Labute approximate surface area is 142 Å². The van der Waals surface area contributed by atoms with E-state index in [4.69, 9.17) is 16.2 Å². The molecule has 0 amide bonds. The Kier molecular flexibility index (Phi) is 5.95. The van der Waals surface area contributed by atoms with Crippen LogP contribution in [-0.4, -0.2) is 11.9 Å². The van der Waals surface area contributed by atoms with Crippen molar-refractivity contribution < 1.29 is 9.53 Å². The van der Waals surface area contributed by atoms with Crippen molar-refractivity contribution in [1.29, 1.82) is 0 Å². The fourth-order valence-electron chi connectivity index (χ4n) is 2.34. The highest BCUT2D eigenvalue weighted by atomic mass is 16.5. The number of hydrogen-bond donors (Lipinski definition) is 2. The summed E-state index contributed by atoms with van der Waals surface area (Å²) in [4.78, 5) is 16.3. The van der Waals surface area contributed by atoms with Crippen LogP contribution in [-0.2, 0) is 11.2 Å². The molecule has 1 unspecified atom stereocenters. The first-order chi connectivity index (χ1) is 11.5. The van der Waals surface area contributed by atoms with Crippen molar-refractivity contribution in [2.45, 2.75) is 26.7 Å². The third-order valence-corrected chi connectivity index (χ3v) is 3.74. The van der Waals surface area contributed by atoms with Crippen molar-refractivity contribution in [3.05, 3.63) is 59.7 Å². The lowest BCUT2D eigenvalue weighted by atomic mass is 9.97. The number of carbonyl (C=O) groups excluding carboxylic acids is 1. The Balaban J connectivity index is 2.01. The first-order valence-electron chi connectivity index (χ1n) is 7.95. The standard InChI is InChI=1S/C19H23N3O2/c1-3-15(18(23)24-17-10-4-13(2)5-11-17)12-14-6-8-16(9-7-14)22-19(20)21/h4-11,15H,3,12H2,1-2H3,(H4,20,21,22). The van der Waals surface area contributed by atoms with E-state index in [1.807, 2.05) is 62.4 Å². The van der Waals surface area contributed by atoms with E-state index in [1.165, 1.54) is 0 Å². The highest BCUT2D eigenvalue weighted by Crippen LogP contribution is 2.20. The van der Waals surface area contributed by atoms with Gasteiger partial charge in [-0.15, -0.1) is 0 Å². The molecule has 0 saturated carbocycles. The number of benzene rings is 2. The number of guanidine groups is 1. The summed E-state index contributed by atoms with van der Waals surface area (Å²) in [7, 11) is 0. The lowest BCUT2D eigenvalue weighted by molar-refractivity contribution is -0.139. The van der Waals surface area contributed by atoms with Crippen molar-refractivity contribution in [1.82, 2.24) is 0 Å². The monoisotopic (exact) mass is 325 g/mol. The van der Waals surface area contributed by atoms with Gasteiger partial charge in [-0.1, -0.05) is 36.8 Å². The molecule has 2 aromatic carbocycles. The first-order valence-corrected chi connectivity index (χ1v) is 7.95. The summed E-state index contributed by atoms with van der Waals surface area (Å²) in [6, 6.07) is 15.0. The zero-order valence-electron chi connectivity index (χ0n) is 14.0. The molecule has 0 heterocycles. The predicted octanol–water partition coefficient (Wildman–Crippen LogP) is 3.07. The van der Waals surface area contributed by atoms with E-state index in [1.54, 1.807) is 0 Å². The van der Waals surface area contributed by atoms with Crippen molar-refractivity contribution in [3.8, 4) is 5.75 Å². The Morgan fingerprint density at radius 2 is 1.71 bits per heavy atom. The largest absolute Gasteiger partial charge is 0.426 e. The van der Waals surface area contributed by atoms with E-state index in [0.717, 1.165) is 11.1 Å². The van der Waals surface area contributed by atoms with Gasteiger partial charge >= 0.3 is 5.97 Å². The van der Waals surface area contributed by atoms with Gasteiger partial charge in [0.05, 0.1) is 11.6 Å². The molecule has 0 aromatic heterocycles. The third-order valence-electron chi connectivity index (χ3n) is 3.74. The maximum atomic E-state index is 12.4. The minimum absolute atomic E-state index is 0.0239. The smallest absolute Gasteiger partial charge is 0.314 e. The van der Waals surface area contributed by atoms with Gasteiger partial charge in [-0.2, -0.15) is 0 Å². The Morgan fingerprint density at radius 3 is 2.25 bits per heavy atom. The van der Waals surface area contributed by atoms with Crippen LogP contribution >= 0.6 is 0 Å². The molecular weight excluding hydrogens is 302 g/mol. The number of esters is 1. The molecule has 5 nitrogen and oxygen atoms in total. The molecule has 0 saturated heterocycles. The lowest BCUT2D eigenvalue weighted by Crippen LogP contribution is -2.22. The minimum atomic E-state index is -0.213. The number of hydrogen-bond acceptors (Lipinski definition) is 3. The second-order valence-electron chi connectivity index (χ2n) is 5.75. The van der Waals surface area contributed by atoms with E-state index in [0.29, 0.717) is 24.3 Å². The van der Waals surface area contributed by atoms with E-state index in [2.05, 4.69) is 4.99 Å². The Hall–Kier alpha value is -2.82. The maximum absolute atomic E-state index is 12.4. The second-order valence-corrected chi connectivity index (χ2v) is 5.75. The number of nitrogens with two attached hydrogens (primary N) is 2. The van der Waals surface area contributed by atoms with Gasteiger partial charge in [0.25, 0.3) is 0 Å². The highest BCUT2D eigenvalue weighted by molar-refractivity contribution is 5.79. The molecule has 1 atom stereocenters. The number of aryl methyl sites for hydroxylation is 1. The summed E-state index contributed by atoms with van der Waals surface area (Å²) in [5.41, 5.74) is 13.6. The molecule has 0 aliphatic rings. The van der Waals surface area contributed by atoms with E-state index in [-0.39, 0.29) is 17.8 Å². The molecule has 0 aliphatic carbocycles. The van der Waals surface area contributed by atoms with Crippen molar-refractivity contribution in [3.63, 3.8) is 0 Å². The molecule has 24 heavy (non-hydrogen) atoms. The number of rotatable bonds is 6. The van der Waals surface area contributed by atoms with Gasteiger partial charge in [0.2, 0.25) is 0 Å². The second kappa shape index (κ2) is 8.15. The zero-order chi connectivity index (χ0) is 17.5. The van der Waals surface area contributed by atoms with Gasteiger partial charge in [-0.3, -0.25) is 4.79 Å². The molecule has 2 aromatic rings. The number of aliphatic imine (C=N–C) groups is 1. The molecule has 4 N–H and O–H groups in total. The van der Waals surface area contributed by atoms with Gasteiger partial charge in [-0.25, -0.2) is 4.99 Å². The van der Waals surface area contributed by atoms with Gasteiger partial charge < -0.3 is 16.2 Å². The summed E-state index contributed by atoms with van der Waals surface area (Å²) in [5.74, 6) is 0.193. The normalized spacial score (nSPS) is 11.6. The van der Waals surface area contributed by atoms with Crippen LogP contribution in [0.25, 0.3) is 0 Å². The summed E-state index contributed by atoms with van der Waals surface area (Å²) < 4.78 is 5.48. The van der Waals surface area contributed by atoms with Crippen molar-refractivity contribution >= 4 is 17.6 Å². The Bertz CT molecular complexity index is 702. The van der Waals surface area contributed by atoms with Crippen LogP contribution in [0.1, 0.15) is 24.5 Å². The number of carbonyl (C=O) groups is 1. The van der Waals surface area contributed by atoms with Gasteiger partial charge in [-0.05, 0) is 49.6 Å². The molecule has 0 spiro atoms. The Morgan fingerprint density at radius 1 is 1.08 bits per heavy atom. The lowest BCUT2D eigenvalue weighted by Gasteiger charge is -2.14. The van der Waals surface area contributed by atoms with Crippen LogP contribution in [0.5, 0.6) is 5.75 Å². The fraction of sp³-hybridized carbons (Fsp3) is 0.263. The summed E-state index contributed by atoms with van der Waals surface area (Å²) in [6.45, 7) is 3.97. The average molecular weight is 325 g/mol. The average Bonchev–Trinajstić information content (AvgIpc) is 2.55. The molecular formula is C19H23N3O2. The van der Waals surface area contributed by atoms with E-state index >= 15 is 0 Å². The molecule has 5 heteroatoms. The van der Waals surface area contributed by atoms with Gasteiger partial charge in [0.1, 0.15) is 5.75 Å². The number of ether oxygens (including phenoxy) is 1. The third kappa shape index (κ3) is 5.12. The van der Waals surface area contributed by atoms with Crippen LogP contribution in [0.3, 0.4) is 0 Å². The van der Waals surface area contributed by atoms with Gasteiger partial charge in [0, 0.05) is 0 Å². The van der Waals surface area contributed by atoms with E-state index < -0.39 is 0 Å². The molecule has 0 aliphatic heterocycles. The van der Waals surface area contributed by atoms with Crippen LogP contribution in [0.4, 0.5) is 5.69 Å². The van der Waals surface area contributed by atoms with Crippen LogP contribution in [0.2, 0.25) is 0 Å². The predicted molar refractivity (Wildman–Crippen MR) is 96.2 cm³/mol. The molecule has 126 valence electrons. The highest BCUT2D eigenvalue weighted by Gasteiger charge is 2.19. The molecule has 0 fully saturated rings. The van der Waals surface area contributed by atoms with Crippen LogP contribution in [0, 0.1) is 12.8 Å². The first kappa shape index (κ1) is 17.5. The quantitative estimate of drug-likeness (QED) is 0.369. The molecule has 2 rings (SSSR count). The van der Waals surface area contributed by atoms with Crippen molar-refractivity contribution in [2.24, 2.45) is 22.4 Å². The fourth-order valence-corrected chi connectivity index (χ4v) is 2.34. The molecule has 0 bridgehead atoms.